The summed E-state index contributed by atoms with van der Waals surface area (Å²) in [5.74, 6) is 0.208. The van der Waals surface area contributed by atoms with Crippen LogP contribution in [0.1, 0.15) is 45.4 Å². The van der Waals surface area contributed by atoms with Gasteiger partial charge in [-0.15, -0.1) is 0 Å². The van der Waals surface area contributed by atoms with Crippen LogP contribution in [-0.4, -0.2) is 41.3 Å². The molecular formula is C20H25FN2O2. The van der Waals surface area contributed by atoms with Gasteiger partial charge in [0.1, 0.15) is 11.4 Å². The van der Waals surface area contributed by atoms with E-state index in [-0.39, 0.29) is 30.0 Å². The van der Waals surface area contributed by atoms with Crippen molar-refractivity contribution in [3.63, 3.8) is 0 Å². The van der Waals surface area contributed by atoms with Crippen LogP contribution >= 0.6 is 0 Å². The van der Waals surface area contributed by atoms with Crippen LogP contribution in [0.3, 0.4) is 0 Å². The highest BCUT2D eigenvalue weighted by molar-refractivity contribution is 6.19. The summed E-state index contributed by atoms with van der Waals surface area (Å²) in [6.07, 6.45) is 5.16. The number of hydrogen-bond donors (Lipinski definition) is 0. The van der Waals surface area contributed by atoms with Crippen LogP contribution in [0.4, 0.5) is 10.1 Å². The summed E-state index contributed by atoms with van der Waals surface area (Å²) >= 11 is 0. The summed E-state index contributed by atoms with van der Waals surface area (Å²) < 4.78 is 13.7. The zero-order valence-electron chi connectivity index (χ0n) is 14.7. The maximum Gasteiger partial charge on any atom is 0.235 e. The van der Waals surface area contributed by atoms with Crippen LogP contribution in [0.2, 0.25) is 0 Å². The minimum absolute atomic E-state index is 0.00287. The van der Waals surface area contributed by atoms with E-state index >= 15 is 0 Å². The molecule has 1 spiro atoms. The van der Waals surface area contributed by atoms with Gasteiger partial charge < -0.3 is 4.90 Å². The number of ketones is 1. The molecule has 1 amide bonds. The van der Waals surface area contributed by atoms with Gasteiger partial charge in [0, 0.05) is 24.8 Å². The minimum atomic E-state index is -0.791. The predicted octanol–water partition coefficient (Wildman–Crippen LogP) is 3.15. The maximum absolute atomic E-state index is 13.7. The van der Waals surface area contributed by atoms with Gasteiger partial charge in [-0.25, -0.2) is 4.39 Å². The SMILES string of the molecule is C[C@H]1C[C@]2(CCN1CC1CCC1)C(=O)CC(=O)N2c1cccc(F)c1. The Labute approximate surface area is 148 Å². The number of carbonyl (C=O) groups is 2. The van der Waals surface area contributed by atoms with Crippen molar-refractivity contribution in [1.82, 2.24) is 4.90 Å². The van der Waals surface area contributed by atoms with Crippen molar-refractivity contribution in [2.75, 3.05) is 18.0 Å². The molecule has 4 rings (SSSR count). The van der Waals surface area contributed by atoms with Crippen molar-refractivity contribution in [3.8, 4) is 0 Å². The van der Waals surface area contributed by atoms with Gasteiger partial charge in [0.25, 0.3) is 0 Å². The van der Waals surface area contributed by atoms with Gasteiger partial charge in [0.2, 0.25) is 5.91 Å². The molecule has 2 atom stereocenters. The number of halogens is 1. The topological polar surface area (TPSA) is 40.6 Å². The molecule has 3 fully saturated rings. The molecule has 0 bridgehead atoms. The second kappa shape index (κ2) is 6.20. The molecule has 25 heavy (non-hydrogen) atoms. The molecule has 0 N–H and O–H groups in total. The number of piperidine rings is 1. The number of hydrogen-bond acceptors (Lipinski definition) is 3. The summed E-state index contributed by atoms with van der Waals surface area (Å²) in [5.41, 5.74) is -0.282. The molecule has 2 heterocycles. The highest BCUT2D eigenvalue weighted by Crippen LogP contribution is 2.42. The van der Waals surface area contributed by atoms with Gasteiger partial charge >= 0.3 is 0 Å². The summed E-state index contributed by atoms with van der Waals surface area (Å²) in [6.45, 7) is 4.07. The molecule has 2 saturated heterocycles. The molecule has 0 aromatic heterocycles. The normalized spacial score (nSPS) is 31.0. The lowest BCUT2D eigenvalue weighted by Crippen LogP contribution is -2.60. The van der Waals surface area contributed by atoms with E-state index in [9.17, 15) is 14.0 Å². The maximum atomic E-state index is 13.7. The van der Waals surface area contributed by atoms with E-state index in [0.29, 0.717) is 18.5 Å². The van der Waals surface area contributed by atoms with E-state index in [1.54, 1.807) is 17.0 Å². The lowest BCUT2D eigenvalue weighted by molar-refractivity contribution is -0.124. The first kappa shape index (κ1) is 16.7. The Morgan fingerprint density at radius 3 is 2.72 bits per heavy atom. The third kappa shape index (κ3) is 2.78. The van der Waals surface area contributed by atoms with Crippen molar-refractivity contribution < 1.29 is 14.0 Å². The quantitative estimate of drug-likeness (QED) is 0.791. The lowest BCUT2D eigenvalue weighted by Gasteiger charge is -2.48. The van der Waals surface area contributed by atoms with Crippen molar-refractivity contribution >= 4 is 17.4 Å². The predicted molar refractivity (Wildman–Crippen MR) is 93.9 cm³/mol. The first-order chi connectivity index (χ1) is 12.0. The Bertz CT molecular complexity index is 703. The molecule has 5 heteroatoms. The molecule has 134 valence electrons. The number of likely N-dealkylation sites (tertiary alicyclic amines) is 1. The number of nitrogens with zero attached hydrogens (tertiary/aromatic N) is 2. The lowest BCUT2D eigenvalue weighted by atomic mass is 9.78. The van der Waals surface area contributed by atoms with Crippen LogP contribution < -0.4 is 4.90 Å². The van der Waals surface area contributed by atoms with E-state index in [0.717, 1.165) is 19.0 Å². The average molecular weight is 344 g/mol. The second-order valence-electron chi connectivity index (χ2n) is 7.94. The van der Waals surface area contributed by atoms with Gasteiger partial charge in [-0.1, -0.05) is 12.5 Å². The van der Waals surface area contributed by atoms with Crippen molar-refractivity contribution in [1.29, 1.82) is 0 Å². The molecule has 2 aliphatic heterocycles. The van der Waals surface area contributed by atoms with E-state index in [4.69, 9.17) is 0 Å². The molecule has 0 radical (unpaired) electrons. The van der Waals surface area contributed by atoms with Crippen LogP contribution in [0, 0.1) is 11.7 Å². The monoisotopic (exact) mass is 344 g/mol. The fourth-order valence-electron chi connectivity index (χ4n) is 4.75. The van der Waals surface area contributed by atoms with Crippen LogP contribution in [0.5, 0.6) is 0 Å². The smallest absolute Gasteiger partial charge is 0.235 e. The van der Waals surface area contributed by atoms with Gasteiger partial charge in [-0.05, 0) is 56.7 Å². The Morgan fingerprint density at radius 2 is 2.08 bits per heavy atom. The minimum Gasteiger partial charge on any atom is -0.300 e. The third-order valence-electron chi connectivity index (χ3n) is 6.36. The van der Waals surface area contributed by atoms with Crippen LogP contribution in [0.25, 0.3) is 0 Å². The summed E-state index contributed by atoms with van der Waals surface area (Å²) in [4.78, 5) is 29.4. The molecule has 3 aliphatic rings. The fourth-order valence-corrected chi connectivity index (χ4v) is 4.75. The standard InChI is InChI=1S/C20H25FN2O2/c1-14-12-20(8-9-22(14)13-15-4-2-5-15)18(24)11-19(25)23(20)17-7-3-6-16(21)10-17/h3,6-7,10,14-15H,2,4-5,8-9,11-13H2,1H3/t14-,20+/m0/s1. The molecule has 1 aliphatic carbocycles. The number of amides is 1. The second-order valence-corrected chi connectivity index (χ2v) is 7.94. The first-order valence-corrected chi connectivity index (χ1v) is 9.35. The van der Waals surface area contributed by atoms with E-state index in [1.165, 1.54) is 31.4 Å². The number of anilines is 1. The Hall–Kier alpha value is -1.75. The first-order valence-electron chi connectivity index (χ1n) is 9.35. The summed E-state index contributed by atoms with van der Waals surface area (Å²) in [5, 5.41) is 0. The van der Waals surface area contributed by atoms with E-state index in [2.05, 4.69) is 11.8 Å². The van der Waals surface area contributed by atoms with Crippen molar-refractivity contribution in [2.24, 2.45) is 5.92 Å². The Morgan fingerprint density at radius 1 is 1.28 bits per heavy atom. The van der Waals surface area contributed by atoms with E-state index in [1.807, 2.05) is 0 Å². The number of rotatable bonds is 3. The molecule has 1 aromatic carbocycles. The molecule has 1 aromatic rings. The van der Waals surface area contributed by atoms with Gasteiger partial charge in [0.05, 0.1) is 6.42 Å². The Balaban J connectivity index is 1.60. The zero-order valence-corrected chi connectivity index (χ0v) is 14.7. The highest BCUT2D eigenvalue weighted by atomic mass is 19.1. The number of carbonyl (C=O) groups excluding carboxylic acids is 2. The molecule has 1 saturated carbocycles. The summed E-state index contributed by atoms with van der Waals surface area (Å²) in [6, 6.07) is 6.31. The fraction of sp³-hybridized carbons (Fsp3) is 0.600. The highest BCUT2D eigenvalue weighted by Gasteiger charge is 2.55. The molecule has 4 nitrogen and oxygen atoms in total. The van der Waals surface area contributed by atoms with Crippen LogP contribution in [-0.2, 0) is 9.59 Å². The zero-order chi connectivity index (χ0) is 17.6. The van der Waals surface area contributed by atoms with Crippen molar-refractivity contribution in [2.45, 2.75) is 57.0 Å². The van der Waals surface area contributed by atoms with Gasteiger partial charge in [-0.2, -0.15) is 0 Å². The number of benzene rings is 1. The van der Waals surface area contributed by atoms with Gasteiger partial charge in [-0.3, -0.25) is 14.5 Å². The molecular weight excluding hydrogens is 319 g/mol. The van der Waals surface area contributed by atoms with E-state index < -0.39 is 5.54 Å². The number of Topliss-reactive ketones (excluding diaryl/α,β-unsaturated/α-hetero) is 1. The largest absolute Gasteiger partial charge is 0.300 e. The molecule has 0 unspecified atom stereocenters. The summed E-state index contributed by atoms with van der Waals surface area (Å²) in [7, 11) is 0. The van der Waals surface area contributed by atoms with Crippen molar-refractivity contribution in [3.05, 3.63) is 30.1 Å². The third-order valence-corrected chi connectivity index (χ3v) is 6.36. The van der Waals surface area contributed by atoms with Crippen LogP contribution in [0.15, 0.2) is 24.3 Å². The Kier molecular flexibility index (Phi) is 4.14. The van der Waals surface area contributed by atoms with Gasteiger partial charge in [0.15, 0.2) is 5.78 Å². The average Bonchev–Trinajstić information content (AvgIpc) is 2.75.